The van der Waals surface area contributed by atoms with Crippen LogP contribution in [0.15, 0.2) is 54.9 Å². The number of fused-ring (bicyclic) bond motifs is 1. The molecule has 0 fully saturated rings. The Morgan fingerprint density at radius 1 is 1.19 bits per heavy atom. The first-order valence-electron chi connectivity index (χ1n) is 9.93. The van der Waals surface area contributed by atoms with E-state index in [9.17, 15) is 13.7 Å². The summed E-state index contributed by atoms with van der Waals surface area (Å²) in [5.41, 5.74) is 1.69. The molecule has 2 unspecified atom stereocenters. The summed E-state index contributed by atoms with van der Waals surface area (Å²) in [6.45, 7) is 1.85. The average molecular weight is 476 g/mol. The number of hydrogen-bond acceptors (Lipinski definition) is 3. The molecule has 0 radical (unpaired) electrons. The topological polar surface area (TPSA) is 78.0 Å². The van der Waals surface area contributed by atoms with Crippen LogP contribution >= 0.6 is 11.6 Å². The SMILES string of the molecule is CCCS(=O)Nc1ccc(F)c(C(O)c2c[nH]c3ncc(-c4ccc(Cl)cc4)cc23)c1F. The highest BCUT2D eigenvalue weighted by molar-refractivity contribution is 7.86. The quantitative estimate of drug-likeness (QED) is 0.319. The van der Waals surface area contributed by atoms with Crippen molar-refractivity contribution >= 4 is 39.3 Å². The minimum Gasteiger partial charge on any atom is -0.383 e. The van der Waals surface area contributed by atoms with E-state index in [0.717, 1.165) is 17.2 Å². The van der Waals surface area contributed by atoms with Crippen LogP contribution in [0.3, 0.4) is 0 Å². The van der Waals surface area contributed by atoms with Crippen LogP contribution in [-0.2, 0) is 11.0 Å². The third-order valence-corrected chi connectivity index (χ3v) is 6.53. The van der Waals surface area contributed by atoms with Crippen molar-refractivity contribution in [1.29, 1.82) is 0 Å². The number of aliphatic hydroxyl groups is 1. The standard InChI is InChI=1S/C23H20ClF2N3O2S/c1-2-9-32(31)29-19-8-7-18(25)20(21(19)26)22(30)17-12-28-23-16(17)10-14(11-27-23)13-3-5-15(24)6-4-13/h3-8,10-12,22,29-30H,2,9H2,1H3,(H,27,28). The van der Waals surface area contributed by atoms with E-state index in [-0.39, 0.29) is 11.3 Å². The molecule has 9 heteroatoms. The second-order valence-electron chi connectivity index (χ2n) is 7.25. The summed E-state index contributed by atoms with van der Waals surface area (Å²) in [5, 5.41) is 12.1. The van der Waals surface area contributed by atoms with Crippen molar-refractivity contribution in [3.63, 3.8) is 0 Å². The van der Waals surface area contributed by atoms with Crippen molar-refractivity contribution in [2.75, 3.05) is 10.5 Å². The maximum atomic E-state index is 15.1. The van der Waals surface area contributed by atoms with Crippen molar-refractivity contribution in [3.8, 4) is 11.1 Å². The van der Waals surface area contributed by atoms with Gasteiger partial charge in [0.05, 0.1) is 11.3 Å². The van der Waals surface area contributed by atoms with Gasteiger partial charge < -0.3 is 14.8 Å². The van der Waals surface area contributed by atoms with Gasteiger partial charge in [-0.2, -0.15) is 0 Å². The van der Waals surface area contributed by atoms with E-state index in [4.69, 9.17) is 11.6 Å². The molecule has 32 heavy (non-hydrogen) atoms. The van der Waals surface area contributed by atoms with Gasteiger partial charge in [-0.25, -0.2) is 18.0 Å². The average Bonchev–Trinajstić information content (AvgIpc) is 3.20. The molecular weight excluding hydrogens is 456 g/mol. The molecule has 3 N–H and O–H groups in total. The Morgan fingerprint density at radius 2 is 1.94 bits per heavy atom. The van der Waals surface area contributed by atoms with Crippen molar-refractivity contribution in [2.45, 2.75) is 19.4 Å². The Hall–Kier alpha value is -2.81. The van der Waals surface area contributed by atoms with Crippen LogP contribution in [0.4, 0.5) is 14.5 Å². The van der Waals surface area contributed by atoms with Crippen molar-refractivity contribution in [2.24, 2.45) is 0 Å². The summed E-state index contributed by atoms with van der Waals surface area (Å²) in [4.78, 5) is 7.29. The van der Waals surface area contributed by atoms with Gasteiger partial charge in [-0.15, -0.1) is 0 Å². The number of aliphatic hydroxyl groups excluding tert-OH is 1. The maximum absolute atomic E-state index is 15.1. The molecule has 166 valence electrons. The summed E-state index contributed by atoms with van der Waals surface area (Å²) in [6.07, 6.45) is 2.16. The van der Waals surface area contributed by atoms with Gasteiger partial charge in [-0.1, -0.05) is 30.7 Å². The van der Waals surface area contributed by atoms with Gasteiger partial charge in [0.25, 0.3) is 0 Å². The number of H-pyrrole nitrogens is 1. The molecule has 0 amide bonds. The molecule has 5 nitrogen and oxygen atoms in total. The highest BCUT2D eigenvalue weighted by Gasteiger charge is 2.25. The Kier molecular flexibility index (Phi) is 6.55. The van der Waals surface area contributed by atoms with Crippen molar-refractivity contribution in [1.82, 2.24) is 9.97 Å². The van der Waals surface area contributed by atoms with E-state index in [2.05, 4.69) is 14.7 Å². The lowest BCUT2D eigenvalue weighted by atomic mass is 9.98. The summed E-state index contributed by atoms with van der Waals surface area (Å²) in [5.74, 6) is -1.58. The van der Waals surface area contributed by atoms with E-state index in [1.54, 1.807) is 24.4 Å². The largest absolute Gasteiger partial charge is 0.383 e. The Labute approximate surface area is 191 Å². The highest BCUT2D eigenvalue weighted by atomic mass is 35.5. The first-order chi connectivity index (χ1) is 15.4. The van der Waals surface area contributed by atoms with E-state index >= 15 is 4.39 Å². The summed E-state index contributed by atoms with van der Waals surface area (Å²) in [6, 6.07) is 11.2. The minimum absolute atomic E-state index is 0.132. The molecule has 0 aliphatic heterocycles. The number of benzene rings is 2. The predicted octanol–water partition coefficient (Wildman–Crippen LogP) is 5.73. The van der Waals surface area contributed by atoms with Crippen LogP contribution in [0, 0.1) is 11.6 Å². The predicted molar refractivity (Wildman–Crippen MR) is 124 cm³/mol. The van der Waals surface area contributed by atoms with Crippen LogP contribution in [0.1, 0.15) is 30.6 Å². The Balaban J connectivity index is 1.75. The molecule has 2 heterocycles. The number of nitrogens with zero attached hydrogens (tertiary/aromatic N) is 1. The lowest BCUT2D eigenvalue weighted by molar-refractivity contribution is 0.211. The van der Waals surface area contributed by atoms with Crippen LogP contribution in [-0.4, -0.2) is 25.0 Å². The van der Waals surface area contributed by atoms with Gasteiger partial charge in [0, 0.05) is 39.7 Å². The molecule has 0 saturated carbocycles. The van der Waals surface area contributed by atoms with Gasteiger partial charge in [-0.3, -0.25) is 0 Å². The van der Waals surface area contributed by atoms with Gasteiger partial charge in [-0.05, 0) is 42.3 Å². The molecule has 0 aliphatic rings. The second-order valence-corrected chi connectivity index (χ2v) is 8.99. The van der Waals surface area contributed by atoms with Crippen LogP contribution in [0.25, 0.3) is 22.2 Å². The smallest absolute Gasteiger partial charge is 0.156 e. The zero-order valence-electron chi connectivity index (χ0n) is 17.0. The molecule has 2 aromatic heterocycles. The summed E-state index contributed by atoms with van der Waals surface area (Å²) in [7, 11) is -1.51. The highest BCUT2D eigenvalue weighted by Crippen LogP contribution is 2.35. The first kappa shape index (κ1) is 22.4. The van der Waals surface area contributed by atoms with Gasteiger partial charge in [0.15, 0.2) is 5.82 Å². The molecule has 2 atom stereocenters. The monoisotopic (exact) mass is 475 g/mol. The maximum Gasteiger partial charge on any atom is 0.156 e. The zero-order valence-corrected chi connectivity index (χ0v) is 18.6. The molecule has 4 rings (SSSR count). The Bertz CT molecular complexity index is 1290. The second kappa shape index (κ2) is 9.36. The van der Waals surface area contributed by atoms with Crippen molar-refractivity contribution < 1.29 is 18.1 Å². The van der Waals surface area contributed by atoms with Gasteiger partial charge >= 0.3 is 0 Å². The van der Waals surface area contributed by atoms with Crippen LogP contribution in [0.2, 0.25) is 5.02 Å². The molecule has 0 aliphatic carbocycles. The van der Waals surface area contributed by atoms with Gasteiger partial charge in [0.2, 0.25) is 0 Å². The Morgan fingerprint density at radius 3 is 2.66 bits per heavy atom. The molecular formula is C23H20ClF2N3O2S. The van der Waals surface area contributed by atoms with Crippen molar-refractivity contribution in [3.05, 3.63) is 82.6 Å². The molecule has 4 aromatic rings. The van der Waals surface area contributed by atoms with Gasteiger partial charge in [0.1, 0.15) is 28.6 Å². The lowest BCUT2D eigenvalue weighted by Gasteiger charge is -2.16. The number of halogens is 3. The molecule has 0 bridgehead atoms. The minimum atomic E-state index is -1.60. The fourth-order valence-electron chi connectivity index (χ4n) is 3.46. The number of anilines is 1. The number of pyridine rings is 1. The van der Waals surface area contributed by atoms with E-state index in [0.29, 0.717) is 28.2 Å². The summed E-state index contributed by atoms with van der Waals surface area (Å²) < 4.78 is 44.2. The number of rotatable bonds is 7. The van der Waals surface area contributed by atoms with E-state index < -0.39 is 34.3 Å². The van der Waals surface area contributed by atoms with E-state index in [1.807, 2.05) is 19.1 Å². The third-order valence-electron chi connectivity index (χ3n) is 5.05. The van der Waals surface area contributed by atoms with Crippen LogP contribution in [0.5, 0.6) is 0 Å². The lowest BCUT2D eigenvalue weighted by Crippen LogP contribution is -2.12. The third kappa shape index (κ3) is 4.39. The van der Waals surface area contributed by atoms with E-state index in [1.165, 1.54) is 12.3 Å². The number of aromatic amines is 1. The number of aromatic nitrogens is 2. The molecule has 0 saturated heterocycles. The van der Waals surface area contributed by atoms with Crippen LogP contribution < -0.4 is 4.72 Å². The number of hydrogen-bond donors (Lipinski definition) is 3. The first-order valence-corrected chi connectivity index (χ1v) is 11.6. The normalized spacial score (nSPS) is 13.3. The molecule has 0 spiro atoms. The fourth-order valence-corrected chi connectivity index (χ4v) is 4.47. The number of nitrogens with one attached hydrogen (secondary N) is 2. The molecule has 2 aromatic carbocycles. The summed E-state index contributed by atoms with van der Waals surface area (Å²) >= 11 is 5.95. The zero-order chi connectivity index (χ0) is 22.8. The fraction of sp³-hybridized carbons (Fsp3) is 0.174.